The minimum Gasteiger partial charge on any atom is -0.504 e. The van der Waals surface area contributed by atoms with E-state index >= 15 is 0 Å². The van der Waals surface area contributed by atoms with Gasteiger partial charge in [-0.2, -0.15) is 0 Å². The predicted octanol–water partition coefficient (Wildman–Crippen LogP) is 3.11. The Bertz CT molecular complexity index is 794. The van der Waals surface area contributed by atoms with Gasteiger partial charge in [0, 0.05) is 30.9 Å². The number of fused-ring (bicyclic) bond motifs is 1. The van der Waals surface area contributed by atoms with Gasteiger partial charge in [0.05, 0.1) is 38.7 Å². The maximum absolute atomic E-state index is 12.4. The van der Waals surface area contributed by atoms with Crippen LogP contribution < -0.4 is 10.1 Å². The van der Waals surface area contributed by atoms with Gasteiger partial charge in [0.15, 0.2) is 6.29 Å². The molecule has 0 saturated carbocycles. The van der Waals surface area contributed by atoms with E-state index in [1.165, 1.54) is 7.11 Å². The maximum Gasteiger partial charge on any atom is 0.337 e. The van der Waals surface area contributed by atoms with E-state index in [2.05, 4.69) is 17.1 Å². The van der Waals surface area contributed by atoms with Gasteiger partial charge in [0.25, 0.3) is 0 Å². The van der Waals surface area contributed by atoms with Gasteiger partial charge >= 0.3 is 5.97 Å². The van der Waals surface area contributed by atoms with Crippen LogP contribution in [0.1, 0.15) is 36.5 Å². The molecule has 1 N–H and O–H groups in total. The average Bonchev–Trinajstić information content (AvgIpc) is 3.17. The first-order chi connectivity index (χ1) is 14.6. The zero-order valence-electron chi connectivity index (χ0n) is 18.2. The molecule has 2 heterocycles. The van der Waals surface area contributed by atoms with Gasteiger partial charge in [-0.1, -0.05) is 19.4 Å². The van der Waals surface area contributed by atoms with Crippen LogP contribution in [0.4, 0.5) is 5.69 Å². The second kappa shape index (κ2) is 9.98. The summed E-state index contributed by atoms with van der Waals surface area (Å²) in [4.78, 5) is 26.6. The highest BCUT2D eigenvalue weighted by Crippen LogP contribution is 2.40. The lowest BCUT2D eigenvalue weighted by atomic mass is 9.75. The molecule has 7 heteroatoms. The van der Waals surface area contributed by atoms with Crippen LogP contribution in [0.25, 0.3) is 0 Å². The van der Waals surface area contributed by atoms with E-state index < -0.39 is 0 Å². The Labute approximate surface area is 178 Å². The zero-order chi connectivity index (χ0) is 21.7. The number of anilines is 1. The SMILES string of the molecule is CCC1CN2CCC(Nc3cccc(OC)c3C=O)C2CC1/C(=C\OC)C(=O)OC. The number of esters is 1. The molecular weight excluding hydrogens is 384 g/mol. The molecule has 1 aromatic rings. The third-order valence-corrected chi connectivity index (χ3v) is 6.53. The number of nitrogens with zero attached hydrogens (tertiary/aromatic N) is 1. The van der Waals surface area contributed by atoms with E-state index in [0.717, 1.165) is 44.3 Å². The van der Waals surface area contributed by atoms with Crippen LogP contribution in [-0.4, -0.2) is 63.7 Å². The molecule has 7 nitrogen and oxygen atoms in total. The smallest absolute Gasteiger partial charge is 0.337 e. The number of methoxy groups -OCH3 is 3. The molecule has 2 aliphatic heterocycles. The van der Waals surface area contributed by atoms with Crippen molar-refractivity contribution in [3.63, 3.8) is 0 Å². The summed E-state index contributed by atoms with van der Waals surface area (Å²) in [6, 6.07) is 6.02. The minimum absolute atomic E-state index is 0.0712. The highest BCUT2D eigenvalue weighted by molar-refractivity contribution is 5.89. The van der Waals surface area contributed by atoms with Crippen molar-refractivity contribution in [1.82, 2.24) is 4.90 Å². The standard InChI is InChI=1S/C23H32N2O5/c1-5-15-12-25-10-9-20(24-19-7-6-8-22(29-3)17(19)13-26)21(25)11-16(15)18(14-28-2)23(27)30-4/h6-8,13-16,20-21,24H,5,9-12H2,1-4H3/b18-14+. The summed E-state index contributed by atoms with van der Waals surface area (Å²) in [5.41, 5.74) is 1.92. The molecule has 0 aromatic heterocycles. The molecule has 0 bridgehead atoms. The fraction of sp³-hybridized carbons (Fsp3) is 0.565. The number of piperidine rings is 1. The van der Waals surface area contributed by atoms with Crippen LogP contribution in [0.15, 0.2) is 30.0 Å². The predicted molar refractivity (Wildman–Crippen MR) is 115 cm³/mol. The van der Waals surface area contributed by atoms with E-state index in [9.17, 15) is 9.59 Å². The topological polar surface area (TPSA) is 77.1 Å². The molecule has 0 radical (unpaired) electrons. The van der Waals surface area contributed by atoms with Crippen LogP contribution in [0.2, 0.25) is 0 Å². The monoisotopic (exact) mass is 416 g/mol. The van der Waals surface area contributed by atoms with Crippen molar-refractivity contribution in [1.29, 1.82) is 0 Å². The first-order valence-corrected chi connectivity index (χ1v) is 10.5. The van der Waals surface area contributed by atoms with Gasteiger partial charge in [-0.3, -0.25) is 9.69 Å². The molecule has 3 rings (SSSR count). The molecule has 0 spiro atoms. The van der Waals surface area contributed by atoms with E-state index in [0.29, 0.717) is 22.8 Å². The summed E-state index contributed by atoms with van der Waals surface area (Å²) in [5, 5.41) is 3.58. The molecule has 2 aliphatic rings. The van der Waals surface area contributed by atoms with E-state index in [1.807, 2.05) is 12.1 Å². The van der Waals surface area contributed by atoms with Gasteiger partial charge in [-0.05, 0) is 36.8 Å². The number of hydrogen-bond acceptors (Lipinski definition) is 7. The normalized spacial score (nSPS) is 26.6. The van der Waals surface area contributed by atoms with Crippen LogP contribution in [0.3, 0.4) is 0 Å². The lowest BCUT2D eigenvalue weighted by Crippen LogP contribution is -2.49. The molecule has 0 aliphatic carbocycles. The van der Waals surface area contributed by atoms with Crippen molar-refractivity contribution in [3.05, 3.63) is 35.6 Å². The number of carbonyl (C=O) groups excluding carboxylic acids is 2. The van der Waals surface area contributed by atoms with Crippen LogP contribution in [0.5, 0.6) is 5.75 Å². The number of hydrogen-bond donors (Lipinski definition) is 1. The fourth-order valence-electron chi connectivity index (χ4n) is 5.00. The highest BCUT2D eigenvalue weighted by atomic mass is 16.5. The van der Waals surface area contributed by atoms with Crippen LogP contribution in [0, 0.1) is 11.8 Å². The second-order valence-corrected chi connectivity index (χ2v) is 7.95. The van der Waals surface area contributed by atoms with Gasteiger partial charge < -0.3 is 19.5 Å². The molecule has 4 atom stereocenters. The van der Waals surface area contributed by atoms with Crippen molar-refractivity contribution in [3.8, 4) is 5.75 Å². The summed E-state index contributed by atoms with van der Waals surface area (Å²) < 4.78 is 15.6. The molecule has 30 heavy (non-hydrogen) atoms. The fourth-order valence-corrected chi connectivity index (χ4v) is 5.00. The molecule has 2 fully saturated rings. The van der Waals surface area contributed by atoms with Crippen LogP contribution >= 0.6 is 0 Å². The quantitative estimate of drug-likeness (QED) is 0.302. The summed E-state index contributed by atoms with van der Waals surface area (Å²) in [7, 11) is 4.53. The Hall–Kier alpha value is -2.54. The number of carbonyl (C=O) groups is 2. The lowest BCUT2D eigenvalue weighted by Gasteiger charge is -2.42. The number of benzene rings is 1. The van der Waals surface area contributed by atoms with E-state index in [1.54, 1.807) is 26.5 Å². The molecule has 1 aromatic carbocycles. The number of nitrogens with one attached hydrogen (secondary N) is 1. The van der Waals surface area contributed by atoms with Crippen molar-refractivity contribution in [2.45, 2.75) is 38.3 Å². The Kier molecular flexibility index (Phi) is 7.37. The number of ether oxygens (including phenoxy) is 3. The molecular formula is C23H32N2O5. The maximum atomic E-state index is 12.4. The minimum atomic E-state index is -0.327. The lowest BCUT2D eigenvalue weighted by molar-refractivity contribution is -0.137. The number of rotatable bonds is 8. The summed E-state index contributed by atoms with van der Waals surface area (Å²) in [6.07, 6.45) is 5.17. The van der Waals surface area contributed by atoms with E-state index in [4.69, 9.17) is 14.2 Å². The third-order valence-electron chi connectivity index (χ3n) is 6.53. The Morgan fingerprint density at radius 1 is 1.30 bits per heavy atom. The largest absolute Gasteiger partial charge is 0.504 e. The zero-order valence-corrected chi connectivity index (χ0v) is 18.2. The Morgan fingerprint density at radius 2 is 2.10 bits per heavy atom. The Balaban J connectivity index is 1.85. The summed E-state index contributed by atoms with van der Waals surface area (Å²) in [6.45, 7) is 4.09. The van der Waals surface area contributed by atoms with Gasteiger partial charge in [0.1, 0.15) is 5.75 Å². The first kappa shape index (κ1) is 22.2. The average molecular weight is 417 g/mol. The molecule has 4 unspecified atom stereocenters. The van der Waals surface area contributed by atoms with Gasteiger partial charge in [-0.25, -0.2) is 4.79 Å². The van der Waals surface area contributed by atoms with Crippen molar-refractivity contribution < 1.29 is 23.8 Å². The first-order valence-electron chi connectivity index (χ1n) is 10.5. The van der Waals surface area contributed by atoms with Gasteiger partial charge in [-0.15, -0.1) is 0 Å². The number of aldehydes is 1. The van der Waals surface area contributed by atoms with Crippen molar-refractivity contribution in [2.24, 2.45) is 11.8 Å². The molecule has 0 amide bonds. The summed E-state index contributed by atoms with van der Waals surface area (Å²) in [5.74, 6) is 0.672. The highest BCUT2D eigenvalue weighted by Gasteiger charge is 2.44. The van der Waals surface area contributed by atoms with Crippen molar-refractivity contribution >= 4 is 17.9 Å². The summed E-state index contributed by atoms with van der Waals surface area (Å²) >= 11 is 0. The van der Waals surface area contributed by atoms with Gasteiger partial charge in [0.2, 0.25) is 0 Å². The Morgan fingerprint density at radius 3 is 2.73 bits per heavy atom. The van der Waals surface area contributed by atoms with Crippen molar-refractivity contribution in [2.75, 3.05) is 39.7 Å². The van der Waals surface area contributed by atoms with E-state index in [-0.39, 0.29) is 24.0 Å². The molecule has 164 valence electrons. The second-order valence-electron chi connectivity index (χ2n) is 7.95. The molecule has 2 saturated heterocycles. The van der Waals surface area contributed by atoms with Crippen LogP contribution in [-0.2, 0) is 14.3 Å². The third kappa shape index (κ3) is 4.31.